The molecule has 1 aliphatic heterocycles. The van der Waals surface area contributed by atoms with Crippen LogP contribution in [-0.2, 0) is 16.1 Å². The first kappa shape index (κ1) is 19.0. The number of nitrogens with zero attached hydrogens (tertiary/aromatic N) is 1. The smallest absolute Gasteiger partial charge is 0.253 e. The number of hydrogen-bond donors (Lipinski definition) is 1. The highest BCUT2D eigenvalue weighted by Crippen LogP contribution is 2.32. The molecule has 1 aliphatic carbocycles. The Kier molecular flexibility index (Phi) is 6.74. The lowest BCUT2D eigenvalue weighted by molar-refractivity contribution is -0.146. The van der Waals surface area contributed by atoms with Crippen LogP contribution in [0.3, 0.4) is 0 Å². The number of ether oxygens (including phenoxy) is 3. The van der Waals surface area contributed by atoms with E-state index in [2.05, 4.69) is 12.2 Å². The van der Waals surface area contributed by atoms with E-state index >= 15 is 0 Å². The maximum Gasteiger partial charge on any atom is 0.253 e. The van der Waals surface area contributed by atoms with E-state index in [1.54, 1.807) is 7.11 Å². The third kappa shape index (κ3) is 4.89. The van der Waals surface area contributed by atoms with E-state index < -0.39 is 0 Å². The molecule has 144 valence electrons. The second-order valence-corrected chi connectivity index (χ2v) is 6.95. The summed E-state index contributed by atoms with van der Waals surface area (Å²) in [7, 11) is 1.65. The van der Waals surface area contributed by atoms with E-state index in [1.165, 1.54) is 0 Å². The van der Waals surface area contributed by atoms with Crippen LogP contribution >= 0.6 is 0 Å². The SMILES string of the molecule is CCCCOc1cc(CN(C(=O)[C@H]2CNCCO2)C2CC2)ccc1OC. The first-order valence-electron chi connectivity index (χ1n) is 9.65. The van der Waals surface area contributed by atoms with E-state index in [1.807, 2.05) is 23.1 Å². The molecule has 0 radical (unpaired) electrons. The summed E-state index contributed by atoms with van der Waals surface area (Å²) in [5.41, 5.74) is 1.06. The molecule has 2 fully saturated rings. The summed E-state index contributed by atoms with van der Waals surface area (Å²) in [6.45, 7) is 5.38. The van der Waals surface area contributed by atoms with Gasteiger partial charge in [-0.1, -0.05) is 19.4 Å². The third-order valence-corrected chi connectivity index (χ3v) is 4.81. The lowest BCUT2D eigenvalue weighted by Gasteiger charge is -2.30. The number of carbonyl (C=O) groups excluding carboxylic acids is 1. The van der Waals surface area contributed by atoms with Gasteiger partial charge in [-0.05, 0) is 37.0 Å². The minimum atomic E-state index is -0.372. The molecule has 1 saturated heterocycles. The van der Waals surface area contributed by atoms with Gasteiger partial charge < -0.3 is 24.4 Å². The molecule has 6 heteroatoms. The van der Waals surface area contributed by atoms with Crippen molar-refractivity contribution in [3.8, 4) is 11.5 Å². The van der Waals surface area contributed by atoms with Crippen molar-refractivity contribution in [2.75, 3.05) is 33.4 Å². The topological polar surface area (TPSA) is 60.0 Å². The Balaban J connectivity index is 1.70. The van der Waals surface area contributed by atoms with Gasteiger partial charge in [0.2, 0.25) is 0 Å². The van der Waals surface area contributed by atoms with Gasteiger partial charge in [-0.3, -0.25) is 4.79 Å². The van der Waals surface area contributed by atoms with E-state index in [0.717, 1.165) is 49.3 Å². The predicted octanol–water partition coefficient (Wildman–Crippen LogP) is 2.35. The Bertz CT molecular complexity index is 597. The van der Waals surface area contributed by atoms with Crippen molar-refractivity contribution >= 4 is 5.91 Å². The molecule has 1 heterocycles. The molecule has 0 aromatic heterocycles. The molecule has 1 aromatic carbocycles. The number of nitrogens with one attached hydrogen (secondary N) is 1. The largest absolute Gasteiger partial charge is 0.493 e. The quantitative estimate of drug-likeness (QED) is 0.684. The molecule has 0 bridgehead atoms. The summed E-state index contributed by atoms with van der Waals surface area (Å²) >= 11 is 0. The summed E-state index contributed by atoms with van der Waals surface area (Å²) in [4.78, 5) is 14.9. The number of hydrogen-bond acceptors (Lipinski definition) is 5. The fourth-order valence-corrected chi connectivity index (χ4v) is 3.14. The number of amides is 1. The summed E-state index contributed by atoms with van der Waals surface area (Å²) in [5, 5.41) is 3.24. The van der Waals surface area contributed by atoms with E-state index in [-0.39, 0.29) is 12.0 Å². The van der Waals surface area contributed by atoms with Crippen molar-refractivity contribution in [3.05, 3.63) is 23.8 Å². The van der Waals surface area contributed by atoms with Crippen LogP contribution in [0.1, 0.15) is 38.2 Å². The summed E-state index contributed by atoms with van der Waals surface area (Å²) in [5.74, 6) is 1.56. The van der Waals surface area contributed by atoms with Crippen LogP contribution < -0.4 is 14.8 Å². The van der Waals surface area contributed by atoms with Crippen molar-refractivity contribution in [1.29, 1.82) is 0 Å². The second-order valence-electron chi connectivity index (χ2n) is 6.95. The van der Waals surface area contributed by atoms with Crippen molar-refractivity contribution in [3.63, 3.8) is 0 Å². The average Bonchev–Trinajstić information content (AvgIpc) is 3.52. The van der Waals surface area contributed by atoms with E-state index in [4.69, 9.17) is 14.2 Å². The van der Waals surface area contributed by atoms with Crippen LogP contribution in [0.5, 0.6) is 11.5 Å². The Morgan fingerprint density at radius 2 is 2.19 bits per heavy atom. The van der Waals surface area contributed by atoms with E-state index in [9.17, 15) is 4.79 Å². The lowest BCUT2D eigenvalue weighted by atomic mass is 10.1. The summed E-state index contributed by atoms with van der Waals surface area (Å²) < 4.78 is 16.9. The van der Waals surface area contributed by atoms with Gasteiger partial charge in [0.1, 0.15) is 6.10 Å². The zero-order chi connectivity index (χ0) is 18.4. The van der Waals surface area contributed by atoms with Gasteiger partial charge in [-0.25, -0.2) is 0 Å². The van der Waals surface area contributed by atoms with Gasteiger partial charge in [0.25, 0.3) is 5.91 Å². The molecule has 0 spiro atoms. The molecule has 26 heavy (non-hydrogen) atoms. The Hall–Kier alpha value is -1.79. The normalized spacial score (nSPS) is 19.8. The predicted molar refractivity (Wildman–Crippen MR) is 99.6 cm³/mol. The van der Waals surface area contributed by atoms with Crippen molar-refractivity contribution < 1.29 is 19.0 Å². The number of unbranched alkanes of at least 4 members (excludes halogenated alkanes) is 1. The molecule has 1 aromatic rings. The number of benzene rings is 1. The number of rotatable bonds is 9. The maximum atomic E-state index is 12.9. The van der Waals surface area contributed by atoms with Gasteiger partial charge in [0, 0.05) is 25.7 Å². The highest BCUT2D eigenvalue weighted by molar-refractivity contribution is 5.82. The number of morpholine rings is 1. The molecular formula is C20H30N2O4. The van der Waals surface area contributed by atoms with Crippen LogP contribution in [0, 0.1) is 0 Å². The van der Waals surface area contributed by atoms with Crippen LogP contribution in [0.4, 0.5) is 0 Å². The first-order valence-corrected chi connectivity index (χ1v) is 9.65. The minimum absolute atomic E-state index is 0.0870. The zero-order valence-corrected chi connectivity index (χ0v) is 15.8. The molecule has 2 aliphatic rings. The Labute approximate surface area is 155 Å². The average molecular weight is 362 g/mol. The lowest BCUT2D eigenvalue weighted by Crippen LogP contribution is -2.49. The van der Waals surface area contributed by atoms with Crippen molar-refractivity contribution in [1.82, 2.24) is 10.2 Å². The summed E-state index contributed by atoms with van der Waals surface area (Å²) in [6.07, 6.45) is 3.86. The molecular weight excluding hydrogens is 332 g/mol. The molecule has 0 unspecified atom stereocenters. The van der Waals surface area contributed by atoms with E-state index in [0.29, 0.717) is 32.3 Å². The number of carbonyl (C=O) groups is 1. The molecule has 1 N–H and O–H groups in total. The molecule has 1 saturated carbocycles. The zero-order valence-electron chi connectivity index (χ0n) is 15.8. The summed E-state index contributed by atoms with van der Waals surface area (Å²) in [6, 6.07) is 6.26. The molecule has 6 nitrogen and oxygen atoms in total. The fraction of sp³-hybridized carbons (Fsp3) is 0.650. The molecule has 1 amide bonds. The van der Waals surface area contributed by atoms with Gasteiger partial charge in [-0.2, -0.15) is 0 Å². The van der Waals surface area contributed by atoms with Crippen LogP contribution in [0.15, 0.2) is 18.2 Å². The monoisotopic (exact) mass is 362 g/mol. The minimum Gasteiger partial charge on any atom is -0.493 e. The molecule has 1 atom stereocenters. The van der Waals surface area contributed by atoms with Crippen LogP contribution in [-0.4, -0.2) is 56.4 Å². The second kappa shape index (κ2) is 9.24. The van der Waals surface area contributed by atoms with Gasteiger partial charge in [0.15, 0.2) is 11.5 Å². The van der Waals surface area contributed by atoms with Crippen molar-refractivity contribution in [2.45, 2.75) is 51.3 Å². The van der Waals surface area contributed by atoms with Crippen LogP contribution in [0.2, 0.25) is 0 Å². The first-order chi connectivity index (χ1) is 12.7. The standard InChI is InChI=1S/C20H30N2O4/c1-3-4-10-25-18-12-15(5-8-17(18)24-2)14-22(16-6-7-16)20(23)19-13-21-9-11-26-19/h5,8,12,16,19,21H,3-4,6-7,9-11,13-14H2,1-2H3/t19-/m1/s1. The third-order valence-electron chi connectivity index (χ3n) is 4.81. The van der Waals surface area contributed by atoms with Gasteiger partial charge >= 0.3 is 0 Å². The van der Waals surface area contributed by atoms with Gasteiger partial charge in [0.05, 0.1) is 20.3 Å². The van der Waals surface area contributed by atoms with Crippen molar-refractivity contribution in [2.24, 2.45) is 0 Å². The molecule has 3 rings (SSSR count). The number of methoxy groups -OCH3 is 1. The maximum absolute atomic E-state index is 12.9. The van der Waals surface area contributed by atoms with Crippen LogP contribution in [0.25, 0.3) is 0 Å². The Morgan fingerprint density at radius 3 is 2.85 bits per heavy atom. The fourth-order valence-electron chi connectivity index (χ4n) is 3.14. The Morgan fingerprint density at radius 1 is 1.35 bits per heavy atom. The highest BCUT2D eigenvalue weighted by atomic mass is 16.5. The highest BCUT2D eigenvalue weighted by Gasteiger charge is 2.36. The van der Waals surface area contributed by atoms with Gasteiger partial charge in [-0.15, -0.1) is 0 Å².